The Kier molecular flexibility index (Phi) is 4.58. The van der Waals surface area contributed by atoms with E-state index in [2.05, 4.69) is 72.5 Å². The summed E-state index contributed by atoms with van der Waals surface area (Å²) in [5.41, 5.74) is 2.72. The van der Waals surface area contributed by atoms with Gasteiger partial charge in [0.1, 0.15) is 6.04 Å². The number of piperazine rings is 1. The molecule has 0 spiro atoms. The number of hydrogen-bond acceptors (Lipinski definition) is 1. The summed E-state index contributed by atoms with van der Waals surface area (Å²) in [6.45, 7) is 5.98. The van der Waals surface area contributed by atoms with Gasteiger partial charge in [0.15, 0.2) is 0 Å². The van der Waals surface area contributed by atoms with Crippen molar-refractivity contribution in [3.05, 3.63) is 71.8 Å². The molecule has 0 radical (unpaired) electrons. The maximum Gasteiger partial charge on any atom is 0.226 e. The van der Waals surface area contributed by atoms with Gasteiger partial charge in [-0.25, -0.2) is 0 Å². The van der Waals surface area contributed by atoms with Gasteiger partial charge in [0.25, 0.3) is 0 Å². The molecule has 4 rings (SSSR count). The van der Waals surface area contributed by atoms with E-state index in [9.17, 15) is 4.79 Å². The summed E-state index contributed by atoms with van der Waals surface area (Å²) in [5.74, 6) is 1.29. The highest BCUT2D eigenvalue weighted by Gasteiger charge is 2.43. The van der Waals surface area contributed by atoms with Gasteiger partial charge in [-0.2, -0.15) is 0 Å². The minimum atomic E-state index is 0.306. The number of hydrogen-bond donors (Lipinski definition) is 1. The van der Waals surface area contributed by atoms with E-state index in [0.29, 0.717) is 23.8 Å². The molecule has 1 saturated heterocycles. The first-order valence-corrected chi connectivity index (χ1v) is 9.47. The van der Waals surface area contributed by atoms with Crippen molar-refractivity contribution in [2.24, 2.45) is 11.8 Å². The molecule has 25 heavy (non-hydrogen) atoms. The topological polar surface area (TPSA) is 24.8 Å². The Morgan fingerprint density at radius 3 is 1.88 bits per heavy atom. The first kappa shape index (κ1) is 16.3. The molecule has 0 unspecified atom stereocenters. The Labute approximate surface area is 150 Å². The monoisotopic (exact) mass is 335 g/mol. The Morgan fingerprint density at radius 1 is 0.960 bits per heavy atom. The number of nitrogens with one attached hydrogen (secondary N) is 1. The third-order valence-corrected chi connectivity index (χ3v) is 5.82. The molecule has 2 aromatic carbocycles. The summed E-state index contributed by atoms with van der Waals surface area (Å²) in [4.78, 5) is 16.2. The van der Waals surface area contributed by atoms with E-state index in [1.807, 2.05) is 0 Å². The predicted octanol–water partition coefficient (Wildman–Crippen LogP) is 2.16. The SMILES string of the molecule is C[C@H]1C[C@@H]1C(=O)N1CC[NH+](C(c2ccccc2)c2ccccc2)CC1. The Morgan fingerprint density at radius 2 is 1.44 bits per heavy atom. The van der Waals surface area contributed by atoms with Crippen LogP contribution in [-0.2, 0) is 4.79 Å². The zero-order chi connectivity index (χ0) is 17.2. The Balaban J connectivity index is 1.50. The molecule has 2 atom stereocenters. The third-order valence-electron chi connectivity index (χ3n) is 5.82. The van der Waals surface area contributed by atoms with Crippen LogP contribution in [0.5, 0.6) is 0 Å². The number of benzene rings is 2. The Hall–Kier alpha value is -2.13. The smallest absolute Gasteiger partial charge is 0.226 e. The van der Waals surface area contributed by atoms with E-state index >= 15 is 0 Å². The van der Waals surface area contributed by atoms with Crippen LogP contribution < -0.4 is 4.90 Å². The molecule has 2 aliphatic rings. The lowest BCUT2D eigenvalue weighted by Crippen LogP contribution is -3.15. The summed E-state index contributed by atoms with van der Waals surface area (Å²) in [7, 11) is 0. The minimum Gasteiger partial charge on any atom is -0.331 e. The van der Waals surface area contributed by atoms with E-state index in [1.165, 1.54) is 11.1 Å². The number of carbonyl (C=O) groups excluding carboxylic acids is 1. The van der Waals surface area contributed by atoms with Crippen LogP contribution in [0.2, 0.25) is 0 Å². The Bertz CT molecular complexity index is 668. The largest absolute Gasteiger partial charge is 0.331 e. The number of nitrogens with zero attached hydrogens (tertiary/aromatic N) is 1. The van der Waals surface area contributed by atoms with E-state index in [4.69, 9.17) is 0 Å². The molecule has 1 saturated carbocycles. The van der Waals surface area contributed by atoms with Gasteiger partial charge in [0.2, 0.25) is 5.91 Å². The second kappa shape index (κ2) is 7.01. The lowest BCUT2D eigenvalue weighted by molar-refractivity contribution is -0.929. The predicted molar refractivity (Wildman–Crippen MR) is 99.3 cm³/mol. The van der Waals surface area contributed by atoms with Crippen molar-refractivity contribution < 1.29 is 9.69 Å². The maximum atomic E-state index is 12.5. The van der Waals surface area contributed by atoms with Crippen LogP contribution in [0, 0.1) is 11.8 Å². The van der Waals surface area contributed by atoms with Gasteiger partial charge in [-0.05, 0) is 12.3 Å². The van der Waals surface area contributed by atoms with Crippen LogP contribution in [0.25, 0.3) is 0 Å². The molecule has 1 aliphatic heterocycles. The van der Waals surface area contributed by atoms with E-state index in [-0.39, 0.29) is 0 Å². The molecule has 1 heterocycles. The third kappa shape index (κ3) is 3.47. The quantitative estimate of drug-likeness (QED) is 0.910. The highest BCUT2D eigenvalue weighted by Crippen LogP contribution is 2.39. The van der Waals surface area contributed by atoms with Gasteiger partial charge in [-0.15, -0.1) is 0 Å². The molecule has 3 nitrogen and oxygen atoms in total. The van der Waals surface area contributed by atoms with Crippen molar-refractivity contribution in [2.45, 2.75) is 19.4 Å². The van der Waals surface area contributed by atoms with Crippen LogP contribution in [0.15, 0.2) is 60.7 Å². The highest BCUT2D eigenvalue weighted by atomic mass is 16.2. The van der Waals surface area contributed by atoms with Gasteiger partial charge in [-0.3, -0.25) is 4.79 Å². The second-order valence-electron chi connectivity index (χ2n) is 7.56. The fourth-order valence-corrected chi connectivity index (χ4v) is 4.16. The lowest BCUT2D eigenvalue weighted by Gasteiger charge is -2.37. The average Bonchev–Trinajstić information content (AvgIpc) is 3.40. The van der Waals surface area contributed by atoms with Gasteiger partial charge >= 0.3 is 0 Å². The molecule has 3 heteroatoms. The molecular formula is C22H27N2O+. The van der Waals surface area contributed by atoms with Crippen molar-refractivity contribution in [3.63, 3.8) is 0 Å². The molecule has 0 aromatic heterocycles. The average molecular weight is 335 g/mol. The summed E-state index contributed by atoms with van der Waals surface area (Å²) in [6, 6.07) is 21.9. The summed E-state index contributed by atoms with van der Waals surface area (Å²) >= 11 is 0. The van der Waals surface area contributed by atoms with Crippen LogP contribution in [0.4, 0.5) is 0 Å². The van der Waals surface area contributed by atoms with Crippen molar-refractivity contribution in [1.82, 2.24) is 4.90 Å². The van der Waals surface area contributed by atoms with Crippen molar-refractivity contribution in [3.8, 4) is 0 Å². The molecule has 2 aromatic rings. The molecule has 1 aliphatic carbocycles. The zero-order valence-electron chi connectivity index (χ0n) is 14.9. The molecule has 2 fully saturated rings. The van der Waals surface area contributed by atoms with Crippen molar-refractivity contribution in [2.75, 3.05) is 26.2 Å². The fraction of sp³-hybridized carbons (Fsp3) is 0.409. The van der Waals surface area contributed by atoms with Crippen LogP contribution in [0.3, 0.4) is 0 Å². The molecule has 130 valence electrons. The number of quaternary nitrogens is 1. The fourth-order valence-electron chi connectivity index (χ4n) is 4.16. The normalized spacial score (nSPS) is 23.7. The zero-order valence-corrected chi connectivity index (χ0v) is 14.9. The number of rotatable bonds is 4. The second-order valence-corrected chi connectivity index (χ2v) is 7.56. The van der Waals surface area contributed by atoms with Crippen LogP contribution in [0.1, 0.15) is 30.5 Å². The lowest BCUT2D eigenvalue weighted by atomic mass is 9.96. The van der Waals surface area contributed by atoms with Gasteiger partial charge in [0.05, 0.1) is 26.2 Å². The molecular weight excluding hydrogens is 308 g/mol. The maximum absolute atomic E-state index is 12.5. The first-order chi connectivity index (χ1) is 12.2. The standard InChI is InChI=1S/C22H26N2O/c1-17-16-20(17)22(25)24-14-12-23(13-15-24)21(18-8-4-2-5-9-18)19-10-6-3-7-11-19/h2-11,17,20-21H,12-16H2,1H3/p+1/t17-,20-/m0/s1. The van der Waals surface area contributed by atoms with Gasteiger partial charge < -0.3 is 9.80 Å². The summed E-state index contributed by atoms with van der Waals surface area (Å²) in [5, 5.41) is 0. The molecule has 1 amide bonds. The van der Waals surface area contributed by atoms with E-state index < -0.39 is 0 Å². The van der Waals surface area contributed by atoms with Crippen molar-refractivity contribution in [1.29, 1.82) is 0 Å². The molecule has 1 N–H and O–H groups in total. The molecule has 0 bridgehead atoms. The van der Waals surface area contributed by atoms with Gasteiger partial charge in [0, 0.05) is 17.0 Å². The summed E-state index contributed by atoms with van der Waals surface area (Å²) < 4.78 is 0. The number of carbonyl (C=O) groups is 1. The number of amides is 1. The van der Waals surface area contributed by atoms with E-state index in [0.717, 1.165) is 32.6 Å². The van der Waals surface area contributed by atoms with E-state index in [1.54, 1.807) is 4.90 Å². The first-order valence-electron chi connectivity index (χ1n) is 9.47. The van der Waals surface area contributed by atoms with Gasteiger partial charge in [-0.1, -0.05) is 67.6 Å². The highest BCUT2D eigenvalue weighted by molar-refractivity contribution is 5.81. The van der Waals surface area contributed by atoms with Crippen molar-refractivity contribution >= 4 is 5.91 Å². The summed E-state index contributed by atoms with van der Waals surface area (Å²) in [6.07, 6.45) is 1.09. The van der Waals surface area contributed by atoms with Crippen LogP contribution >= 0.6 is 0 Å². The van der Waals surface area contributed by atoms with Crippen LogP contribution in [-0.4, -0.2) is 37.0 Å². The minimum absolute atomic E-state index is 0.306.